The minimum absolute atomic E-state index is 0.139. The number of hydrogen-bond donors (Lipinski definition) is 4. The first-order chi connectivity index (χ1) is 38.0. The Hall–Kier alpha value is -6.45. The number of rotatable bonds is 23. The number of carbonyl (C=O) groups is 11. The number of aliphatic hydroxyl groups is 1. The molecule has 0 saturated carbocycles. The molecule has 2 aliphatic rings. The highest BCUT2D eigenvalue weighted by Gasteiger charge is 2.37. The van der Waals surface area contributed by atoms with Crippen molar-refractivity contribution in [1.82, 2.24) is 30.2 Å². The normalized spacial score (nSPS) is 13.6. The van der Waals surface area contributed by atoms with Gasteiger partial charge in [-0.3, -0.25) is 52.7 Å². The van der Waals surface area contributed by atoms with Crippen molar-refractivity contribution in [2.75, 3.05) is 73.7 Å². The molecule has 7 amide bonds. The number of nitrogens with two attached hydrogens (primary N) is 1. The van der Waals surface area contributed by atoms with Crippen LogP contribution in [0.15, 0.2) is 24.3 Å². The summed E-state index contributed by atoms with van der Waals surface area (Å²) in [6.07, 6.45) is 5.77. The molecule has 81 heavy (non-hydrogen) atoms. The number of esters is 2. The Kier molecular flexibility index (Phi) is 53.2. The molecule has 0 aromatic heterocycles. The van der Waals surface area contributed by atoms with E-state index >= 15 is 0 Å². The zero-order valence-corrected chi connectivity index (χ0v) is 52.9. The molecule has 22 nitrogen and oxygen atoms in total. The van der Waals surface area contributed by atoms with Gasteiger partial charge in [0.15, 0.2) is 12.4 Å². The summed E-state index contributed by atoms with van der Waals surface area (Å²) in [6, 6.07) is 5.77. The molecular formula is C59H107N7O15. The maximum absolute atomic E-state index is 12.6. The molecule has 22 heteroatoms. The average molecular weight is 1150 g/mol. The maximum Gasteiger partial charge on any atom is 0.325 e. The van der Waals surface area contributed by atoms with E-state index in [1.807, 2.05) is 58.9 Å². The first kappa shape index (κ1) is 83.4. The van der Waals surface area contributed by atoms with Gasteiger partial charge in [-0.25, -0.2) is 0 Å². The van der Waals surface area contributed by atoms with Crippen LogP contribution in [0.1, 0.15) is 167 Å². The van der Waals surface area contributed by atoms with Gasteiger partial charge in [-0.2, -0.15) is 0 Å². The largest absolute Gasteiger partial charge is 0.497 e. The van der Waals surface area contributed by atoms with E-state index < -0.39 is 96.9 Å². The molecule has 4 atom stereocenters. The van der Waals surface area contributed by atoms with E-state index in [9.17, 15) is 57.8 Å². The number of hydrogen-bond acceptors (Lipinski definition) is 15. The number of benzene rings is 1. The Bertz CT molecular complexity index is 1930. The fraction of sp³-hybridized carbons (Fsp3) is 0.712. The van der Waals surface area contributed by atoms with E-state index in [0.717, 1.165) is 60.0 Å². The number of unbranched alkanes of at least 4 members (excludes halogenated alkanes) is 1. The zero-order chi connectivity index (χ0) is 63.8. The number of Topliss-reactive ketones (excluding diaryl/α,β-unsaturated/α-hetero) is 2. The predicted octanol–water partition coefficient (Wildman–Crippen LogP) is 5.84. The van der Waals surface area contributed by atoms with Crippen LogP contribution in [-0.4, -0.2) is 182 Å². The summed E-state index contributed by atoms with van der Waals surface area (Å²) in [5.74, 6) is -4.87. The first-order valence-electron chi connectivity index (χ1n) is 28.5. The second kappa shape index (κ2) is 51.7. The molecule has 2 heterocycles. The lowest BCUT2D eigenvalue weighted by Crippen LogP contribution is -2.53. The number of ether oxygens (including phenoxy) is 3. The number of nitrogens with one attached hydrogen (secondary N) is 2. The van der Waals surface area contributed by atoms with Crippen LogP contribution in [0.3, 0.4) is 0 Å². The summed E-state index contributed by atoms with van der Waals surface area (Å²) in [5, 5.41) is 14.4. The van der Waals surface area contributed by atoms with E-state index in [1.165, 1.54) is 37.9 Å². The number of likely N-dealkylation sites (tertiary alicyclic amines) is 2. The highest BCUT2D eigenvalue weighted by molar-refractivity contribution is 6.35. The van der Waals surface area contributed by atoms with Crippen LogP contribution in [0, 0.1) is 24.7 Å². The monoisotopic (exact) mass is 1150 g/mol. The number of amides is 7. The van der Waals surface area contributed by atoms with Crippen molar-refractivity contribution >= 4 is 65.4 Å². The van der Waals surface area contributed by atoms with Crippen LogP contribution < -0.4 is 21.1 Å². The molecule has 2 aliphatic heterocycles. The standard InChI is InChI=1S/C18H27N5O8.C18H30N2O6.C8H10O.2C4H10.C3H8.2C2H6/c1-11(25)17(29)23-6-4-5-13(23)18(30)22(3)7-14(26)20-12(16(19)28)9-31-15(27)8-21(2)10-24;1-3-4-7-14(21)10-17(24)26-12-15(22)13(2)18(25)19-11-16(23)20-8-5-6-9-20;1-7-3-5-8(9-2)6-4-7;2*1-4(2)3;1-3-2;2*1-2/h10,12-13H,4-9H2,1-3H3,(H2,19,28)(H,20,26);13-14,21H,3-12H2,1-2H3,(H,19,25);3-6H,1-2H3;2*4H,1-3H3;3H2,1-2H3;2*1-2H3. The molecule has 5 N–H and O–H groups in total. The number of nitrogens with zero attached hydrogens (tertiary/aromatic N) is 4. The van der Waals surface area contributed by atoms with E-state index in [2.05, 4.69) is 72.9 Å². The number of aliphatic hydroxyl groups excluding tert-OH is 1. The molecule has 1 aromatic rings. The number of aryl methyl sites for hydroxylation is 1. The minimum atomic E-state index is -1.34. The molecule has 468 valence electrons. The number of likely N-dealkylation sites (N-methyl/N-ethyl adjacent to an activating group) is 2. The topological polar surface area (TPSA) is 299 Å². The van der Waals surface area contributed by atoms with Crippen molar-refractivity contribution in [2.45, 2.75) is 187 Å². The molecule has 0 bridgehead atoms. The van der Waals surface area contributed by atoms with E-state index in [-0.39, 0.29) is 32.0 Å². The lowest BCUT2D eigenvalue weighted by atomic mass is 10.1. The van der Waals surface area contributed by atoms with E-state index in [4.69, 9.17) is 19.9 Å². The molecule has 2 fully saturated rings. The lowest BCUT2D eigenvalue weighted by Gasteiger charge is -2.27. The zero-order valence-electron chi connectivity index (χ0n) is 52.9. The van der Waals surface area contributed by atoms with Crippen molar-refractivity contribution in [3.8, 4) is 5.75 Å². The molecule has 3 rings (SSSR count). The van der Waals surface area contributed by atoms with Gasteiger partial charge in [0, 0.05) is 40.7 Å². The van der Waals surface area contributed by atoms with Gasteiger partial charge in [0.1, 0.15) is 31.0 Å². The number of ketones is 2. The van der Waals surface area contributed by atoms with Gasteiger partial charge in [0.25, 0.3) is 5.91 Å². The Morgan fingerprint density at radius 2 is 1.32 bits per heavy atom. The summed E-state index contributed by atoms with van der Waals surface area (Å²) >= 11 is 0. The van der Waals surface area contributed by atoms with Crippen LogP contribution in [0.5, 0.6) is 5.75 Å². The summed E-state index contributed by atoms with van der Waals surface area (Å²) in [6.45, 7) is 31.5. The quantitative estimate of drug-likeness (QED) is 0.0433. The maximum atomic E-state index is 12.6. The highest BCUT2D eigenvalue weighted by atomic mass is 16.5. The average Bonchev–Trinajstić information content (AvgIpc) is 4.16. The van der Waals surface area contributed by atoms with Crippen molar-refractivity contribution in [3.05, 3.63) is 29.8 Å². The Balaban J connectivity index is -0.000000341. The molecule has 4 unspecified atom stereocenters. The van der Waals surface area contributed by atoms with Crippen LogP contribution in [0.25, 0.3) is 0 Å². The molecule has 1 aromatic carbocycles. The van der Waals surface area contributed by atoms with Gasteiger partial charge in [0.05, 0.1) is 38.6 Å². The Morgan fingerprint density at radius 3 is 1.78 bits per heavy atom. The predicted molar refractivity (Wildman–Crippen MR) is 315 cm³/mol. The van der Waals surface area contributed by atoms with Gasteiger partial charge in [-0.1, -0.05) is 127 Å². The summed E-state index contributed by atoms with van der Waals surface area (Å²) in [5.41, 5.74) is 6.46. The third kappa shape index (κ3) is 44.9. The minimum Gasteiger partial charge on any atom is -0.497 e. The van der Waals surface area contributed by atoms with Gasteiger partial charge in [0.2, 0.25) is 41.7 Å². The fourth-order valence-electron chi connectivity index (χ4n) is 6.20. The number of carbonyl (C=O) groups excluding carboxylic acids is 11. The first-order valence-corrected chi connectivity index (χ1v) is 28.5. The number of methoxy groups -OCH3 is 1. The van der Waals surface area contributed by atoms with E-state index in [1.54, 1.807) is 12.0 Å². The second-order valence-corrected chi connectivity index (χ2v) is 20.0. The van der Waals surface area contributed by atoms with Crippen LogP contribution in [0.4, 0.5) is 0 Å². The van der Waals surface area contributed by atoms with Gasteiger partial charge in [-0.15, -0.1) is 0 Å². The van der Waals surface area contributed by atoms with Gasteiger partial charge >= 0.3 is 11.9 Å². The number of primary amides is 1. The summed E-state index contributed by atoms with van der Waals surface area (Å²) < 4.78 is 14.6. The fourth-order valence-corrected chi connectivity index (χ4v) is 6.20. The van der Waals surface area contributed by atoms with Crippen molar-refractivity contribution in [3.63, 3.8) is 0 Å². The van der Waals surface area contributed by atoms with E-state index in [0.29, 0.717) is 38.8 Å². The summed E-state index contributed by atoms with van der Waals surface area (Å²) in [4.78, 5) is 134. The van der Waals surface area contributed by atoms with Crippen molar-refractivity contribution < 1.29 is 72.1 Å². The van der Waals surface area contributed by atoms with Gasteiger partial charge < -0.3 is 55.3 Å². The lowest BCUT2D eigenvalue weighted by molar-refractivity contribution is -0.152. The van der Waals surface area contributed by atoms with Crippen LogP contribution in [0.2, 0.25) is 0 Å². The molecule has 0 aliphatic carbocycles. The molecular weight excluding hydrogens is 1050 g/mol. The molecule has 2 saturated heterocycles. The van der Waals surface area contributed by atoms with Crippen molar-refractivity contribution in [1.29, 1.82) is 0 Å². The van der Waals surface area contributed by atoms with Gasteiger partial charge in [-0.05, 0) is 69.9 Å². The Labute approximate surface area is 485 Å². The third-order valence-corrected chi connectivity index (χ3v) is 10.2. The molecule has 0 spiro atoms. The van der Waals surface area contributed by atoms with Crippen molar-refractivity contribution in [2.24, 2.45) is 23.5 Å². The second-order valence-electron chi connectivity index (χ2n) is 20.0. The summed E-state index contributed by atoms with van der Waals surface area (Å²) in [7, 11) is 4.36. The third-order valence-electron chi connectivity index (χ3n) is 10.2. The smallest absolute Gasteiger partial charge is 0.325 e. The highest BCUT2D eigenvalue weighted by Crippen LogP contribution is 2.19. The molecule has 0 radical (unpaired) electrons. The SMILES string of the molecule is CC.CC.CC(=O)C(=O)N1CCCC1C(=O)N(C)CC(=O)NC(COC(=O)CN(C)C=O)C(N)=O.CC(C)C.CC(C)C.CCC.CCCCC(O)CC(=O)OCC(=O)C(C)C(=O)NCC(=O)N1CCCC1.COc1ccc(C)cc1. The van der Waals surface area contributed by atoms with Crippen LogP contribution >= 0.6 is 0 Å². The van der Waals surface area contributed by atoms with Crippen LogP contribution in [-0.2, 0) is 62.2 Å². The Morgan fingerprint density at radius 1 is 0.802 bits per heavy atom.